The Morgan fingerprint density at radius 1 is 1.40 bits per heavy atom. The quantitative estimate of drug-likeness (QED) is 0.762. The third-order valence-electron chi connectivity index (χ3n) is 2.91. The van der Waals surface area contributed by atoms with Gasteiger partial charge in [-0.05, 0) is 19.8 Å². The van der Waals surface area contributed by atoms with Crippen molar-refractivity contribution >= 4 is 16.5 Å². The molecule has 1 heterocycles. The SMILES string of the molecule is Cc1csc(NC2CCCCCC2O)n1. The van der Waals surface area contributed by atoms with Crippen LogP contribution in [-0.2, 0) is 0 Å². The molecule has 4 heteroatoms. The Morgan fingerprint density at radius 2 is 2.20 bits per heavy atom. The second-order valence-electron chi connectivity index (χ2n) is 4.25. The minimum absolute atomic E-state index is 0.193. The van der Waals surface area contributed by atoms with E-state index in [0.717, 1.165) is 30.1 Å². The first kappa shape index (κ1) is 10.9. The van der Waals surface area contributed by atoms with Gasteiger partial charge in [0.05, 0.1) is 17.8 Å². The van der Waals surface area contributed by atoms with E-state index in [-0.39, 0.29) is 12.1 Å². The third-order valence-corrected chi connectivity index (χ3v) is 3.80. The van der Waals surface area contributed by atoms with Crippen molar-refractivity contribution in [2.24, 2.45) is 0 Å². The number of nitrogens with zero attached hydrogens (tertiary/aromatic N) is 1. The highest BCUT2D eigenvalue weighted by Gasteiger charge is 2.21. The molecule has 1 fully saturated rings. The highest BCUT2D eigenvalue weighted by molar-refractivity contribution is 7.13. The van der Waals surface area contributed by atoms with Gasteiger partial charge in [0, 0.05) is 5.38 Å². The second-order valence-corrected chi connectivity index (χ2v) is 5.11. The molecule has 1 aromatic heterocycles. The van der Waals surface area contributed by atoms with Gasteiger partial charge in [-0.1, -0.05) is 19.3 Å². The van der Waals surface area contributed by atoms with Crippen molar-refractivity contribution in [3.8, 4) is 0 Å². The largest absolute Gasteiger partial charge is 0.391 e. The summed E-state index contributed by atoms with van der Waals surface area (Å²) in [6.45, 7) is 1.99. The fourth-order valence-electron chi connectivity index (χ4n) is 2.04. The summed E-state index contributed by atoms with van der Waals surface area (Å²) < 4.78 is 0. The Morgan fingerprint density at radius 3 is 2.93 bits per heavy atom. The Balaban J connectivity index is 1.97. The van der Waals surface area contributed by atoms with Crippen molar-refractivity contribution in [3.05, 3.63) is 11.1 Å². The Hall–Kier alpha value is -0.610. The van der Waals surface area contributed by atoms with Crippen molar-refractivity contribution in [1.82, 2.24) is 4.98 Å². The van der Waals surface area contributed by atoms with E-state index >= 15 is 0 Å². The van der Waals surface area contributed by atoms with Crippen LogP contribution in [0.1, 0.15) is 37.8 Å². The Labute approximate surface area is 94.5 Å². The molecule has 0 aromatic carbocycles. The first-order valence-electron chi connectivity index (χ1n) is 5.62. The van der Waals surface area contributed by atoms with Gasteiger partial charge in [-0.3, -0.25) is 0 Å². The fraction of sp³-hybridized carbons (Fsp3) is 0.727. The summed E-state index contributed by atoms with van der Waals surface area (Å²) in [5, 5.41) is 16.3. The molecule has 1 aromatic rings. The van der Waals surface area contributed by atoms with Gasteiger partial charge >= 0.3 is 0 Å². The summed E-state index contributed by atoms with van der Waals surface area (Å²) in [7, 11) is 0. The van der Waals surface area contributed by atoms with E-state index in [1.807, 2.05) is 12.3 Å². The van der Waals surface area contributed by atoms with Crippen LogP contribution < -0.4 is 5.32 Å². The molecule has 15 heavy (non-hydrogen) atoms. The highest BCUT2D eigenvalue weighted by atomic mass is 32.1. The van der Waals surface area contributed by atoms with Crippen molar-refractivity contribution < 1.29 is 5.11 Å². The first-order chi connectivity index (χ1) is 7.25. The maximum Gasteiger partial charge on any atom is 0.183 e. The van der Waals surface area contributed by atoms with Crippen molar-refractivity contribution in [2.45, 2.75) is 51.2 Å². The number of aryl methyl sites for hydroxylation is 1. The van der Waals surface area contributed by atoms with Crippen LogP contribution in [0.4, 0.5) is 5.13 Å². The molecule has 84 valence electrons. The lowest BCUT2D eigenvalue weighted by Crippen LogP contribution is -2.32. The molecule has 2 unspecified atom stereocenters. The Bertz CT molecular complexity index is 313. The molecule has 0 radical (unpaired) electrons. The van der Waals surface area contributed by atoms with Gasteiger partial charge in [-0.2, -0.15) is 0 Å². The number of rotatable bonds is 2. The summed E-state index contributed by atoms with van der Waals surface area (Å²) >= 11 is 1.62. The van der Waals surface area contributed by atoms with E-state index in [2.05, 4.69) is 10.3 Å². The van der Waals surface area contributed by atoms with Gasteiger partial charge in [0.25, 0.3) is 0 Å². The molecular formula is C11H18N2OS. The molecule has 0 saturated heterocycles. The number of hydrogen-bond donors (Lipinski definition) is 2. The fourth-order valence-corrected chi connectivity index (χ4v) is 2.79. The van der Waals surface area contributed by atoms with Crippen LogP contribution in [0, 0.1) is 6.92 Å². The van der Waals surface area contributed by atoms with Crippen LogP contribution in [-0.4, -0.2) is 22.2 Å². The van der Waals surface area contributed by atoms with Crippen LogP contribution in [0.25, 0.3) is 0 Å². The number of aliphatic hydroxyl groups excluding tert-OH is 1. The molecule has 1 aliphatic carbocycles. The molecule has 0 spiro atoms. The van der Waals surface area contributed by atoms with Crippen LogP contribution in [0.15, 0.2) is 5.38 Å². The van der Waals surface area contributed by atoms with E-state index < -0.39 is 0 Å². The minimum Gasteiger partial charge on any atom is -0.391 e. The summed E-state index contributed by atoms with van der Waals surface area (Å²) in [5.41, 5.74) is 1.05. The number of aliphatic hydroxyl groups is 1. The average molecular weight is 226 g/mol. The molecule has 0 aliphatic heterocycles. The van der Waals surface area contributed by atoms with Crippen LogP contribution in [0.5, 0.6) is 0 Å². The molecule has 3 nitrogen and oxygen atoms in total. The third kappa shape index (κ3) is 2.92. The summed E-state index contributed by atoms with van der Waals surface area (Å²) in [6, 6.07) is 0.193. The number of aromatic nitrogens is 1. The topological polar surface area (TPSA) is 45.1 Å². The van der Waals surface area contributed by atoms with Crippen LogP contribution in [0.2, 0.25) is 0 Å². The maximum atomic E-state index is 9.93. The maximum absolute atomic E-state index is 9.93. The van der Waals surface area contributed by atoms with Crippen LogP contribution >= 0.6 is 11.3 Å². The van der Waals surface area contributed by atoms with Gasteiger partial charge in [0.2, 0.25) is 0 Å². The van der Waals surface area contributed by atoms with Crippen molar-refractivity contribution in [1.29, 1.82) is 0 Å². The number of hydrogen-bond acceptors (Lipinski definition) is 4. The van der Waals surface area contributed by atoms with Gasteiger partial charge in [0.1, 0.15) is 0 Å². The molecule has 2 N–H and O–H groups in total. The molecule has 1 aliphatic rings. The predicted octanol–water partition coefficient (Wildman–Crippen LogP) is 2.56. The van der Waals surface area contributed by atoms with E-state index in [1.54, 1.807) is 11.3 Å². The second kappa shape index (κ2) is 4.94. The smallest absolute Gasteiger partial charge is 0.183 e. The van der Waals surface area contributed by atoms with E-state index in [1.165, 1.54) is 12.8 Å². The number of anilines is 1. The monoisotopic (exact) mass is 226 g/mol. The normalized spacial score (nSPS) is 27.3. The lowest BCUT2D eigenvalue weighted by atomic mass is 10.1. The summed E-state index contributed by atoms with van der Waals surface area (Å²) in [4.78, 5) is 4.37. The van der Waals surface area contributed by atoms with Crippen LogP contribution in [0.3, 0.4) is 0 Å². The summed E-state index contributed by atoms with van der Waals surface area (Å²) in [5.74, 6) is 0. The molecule has 0 bridgehead atoms. The zero-order valence-electron chi connectivity index (χ0n) is 9.07. The minimum atomic E-state index is -0.211. The van der Waals surface area contributed by atoms with E-state index in [9.17, 15) is 5.11 Å². The van der Waals surface area contributed by atoms with Crippen molar-refractivity contribution in [2.75, 3.05) is 5.32 Å². The number of nitrogens with one attached hydrogen (secondary N) is 1. The van der Waals surface area contributed by atoms with Gasteiger partial charge in [-0.15, -0.1) is 11.3 Å². The predicted molar refractivity (Wildman–Crippen MR) is 63.4 cm³/mol. The molecule has 2 rings (SSSR count). The molecule has 1 saturated carbocycles. The zero-order chi connectivity index (χ0) is 10.7. The van der Waals surface area contributed by atoms with E-state index in [0.29, 0.717) is 0 Å². The first-order valence-corrected chi connectivity index (χ1v) is 6.50. The van der Waals surface area contributed by atoms with Gasteiger partial charge < -0.3 is 10.4 Å². The standard InChI is InChI=1S/C11H18N2OS/c1-8-7-15-11(12-8)13-9-5-3-2-4-6-10(9)14/h7,9-10,14H,2-6H2,1H3,(H,12,13). The lowest BCUT2D eigenvalue weighted by Gasteiger charge is -2.21. The summed E-state index contributed by atoms with van der Waals surface area (Å²) in [6.07, 6.45) is 5.36. The number of thiazole rings is 1. The molecule has 0 amide bonds. The average Bonchev–Trinajstić information content (AvgIpc) is 2.50. The molecular weight excluding hydrogens is 208 g/mol. The van der Waals surface area contributed by atoms with Gasteiger partial charge in [-0.25, -0.2) is 4.98 Å². The highest BCUT2D eigenvalue weighted by Crippen LogP contribution is 2.23. The Kier molecular flexibility index (Phi) is 3.59. The molecule has 2 atom stereocenters. The van der Waals surface area contributed by atoms with Crippen molar-refractivity contribution in [3.63, 3.8) is 0 Å². The zero-order valence-corrected chi connectivity index (χ0v) is 9.89. The lowest BCUT2D eigenvalue weighted by molar-refractivity contribution is 0.144. The van der Waals surface area contributed by atoms with Gasteiger partial charge in [0.15, 0.2) is 5.13 Å². The van der Waals surface area contributed by atoms with E-state index in [4.69, 9.17) is 0 Å².